The highest BCUT2D eigenvalue weighted by atomic mass is 127. The van der Waals surface area contributed by atoms with Crippen LogP contribution in [0, 0.1) is 5.92 Å². The molecule has 5 atom stereocenters. The highest BCUT2D eigenvalue weighted by molar-refractivity contribution is 14.0. The maximum absolute atomic E-state index is 11.6. The third-order valence-corrected chi connectivity index (χ3v) is 7.09. The van der Waals surface area contributed by atoms with Crippen LogP contribution in [0.3, 0.4) is 0 Å². The van der Waals surface area contributed by atoms with E-state index >= 15 is 0 Å². The summed E-state index contributed by atoms with van der Waals surface area (Å²) in [5.41, 5.74) is 0. The molecule has 2 N–H and O–H groups in total. The van der Waals surface area contributed by atoms with Crippen molar-refractivity contribution in [2.75, 3.05) is 18.1 Å². The predicted molar refractivity (Wildman–Crippen MR) is 107 cm³/mol. The smallest absolute Gasteiger partial charge is 0.191 e. The van der Waals surface area contributed by atoms with E-state index in [0.717, 1.165) is 31.6 Å². The monoisotopic (exact) mass is 471 g/mol. The highest BCUT2D eigenvalue weighted by Crippen LogP contribution is 2.34. The van der Waals surface area contributed by atoms with E-state index in [1.54, 1.807) is 0 Å². The maximum Gasteiger partial charge on any atom is 0.191 e. The molecule has 3 rings (SSSR count). The van der Waals surface area contributed by atoms with Crippen molar-refractivity contribution in [2.45, 2.75) is 70.2 Å². The molecule has 0 aromatic rings. The number of hydrogen-bond donors (Lipinski definition) is 2. The summed E-state index contributed by atoms with van der Waals surface area (Å²) in [5.74, 6) is 1.57. The molecule has 8 heteroatoms. The van der Waals surface area contributed by atoms with E-state index in [9.17, 15) is 8.42 Å². The molecule has 0 radical (unpaired) electrons. The van der Waals surface area contributed by atoms with Crippen LogP contribution in [0.1, 0.15) is 46.0 Å². The van der Waals surface area contributed by atoms with Gasteiger partial charge in [0, 0.05) is 12.6 Å². The van der Waals surface area contributed by atoms with Crippen molar-refractivity contribution >= 4 is 39.8 Å². The lowest BCUT2D eigenvalue weighted by molar-refractivity contribution is 0.0992. The van der Waals surface area contributed by atoms with Crippen LogP contribution in [-0.4, -0.2) is 56.7 Å². The van der Waals surface area contributed by atoms with E-state index in [4.69, 9.17) is 4.74 Å². The molecule has 6 nitrogen and oxygen atoms in total. The van der Waals surface area contributed by atoms with Crippen molar-refractivity contribution < 1.29 is 13.2 Å². The fourth-order valence-corrected chi connectivity index (χ4v) is 5.52. The first-order valence-electron chi connectivity index (χ1n) is 8.88. The molecule has 5 unspecified atom stereocenters. The molecule has 0 spiro atoms. The van der Waals surface area contributed by atoms with Gasteiger partial charge in [0.15, 0.2) is 15.8 Å². The van der Waals surface area contributed by atoms with Crippen molar-refractivity contribution in [3.05, 3.63) is 0 Å². The number of fused-ring (bicyclic) bond motifs is 2. The molecule has 0 amide bonds. The van der Waals surface area contributed by atoms with Gasteiger partial charge >= 0.3 is 0 Å². The first kappa shape index (κ1) is 20.2. The minimum atomic E-state index is -2.83. The molecular weight excluding hydrogens is 441 g/mol. The van der Waals surface area contributed by atoms with Gasteiger partial charge in [0.2, 0.25) is 0 Å². The Morgan fingerprint density at radius 3 is 2.67 bits per heavy atom. The number of hydrogen-bond acceptors (Lipinski definition) is 4. The van der Waals surface area contributed by atoms with Gasteiger partial charge in [-0.3, -0.25) is 4.99 Å². The maximum atomic E-state index is 11.6. The molecule has 2 bridgehead atoms. The quantitative estimate of drug-likeness (QED) is 0.363. The summed E-state index contributed by atoms with van der Waals surface area (Å²) in [6.45, 7) is 4.85. The molecule has 0 aliphatic carbocycles. The normalized spacial score (nSPS) is 35.5. The number of guanidine groups is 1. The minimum Gasteiger partial charge on any atom is -0.373 e. The number of nitrogens with zero attached hydrogens (tertiary/aromatic N) is 1. The number of sulfone groups is 1. The summed E-state index contributed by atoms with van der Waals surface area (Å²) in [4.78, 5) is 4.68. The lowest BCUT2D eigenvalue weighted by atomic mass is 9.96. The third kappa shape index (κ3) is 5.20. The van der Waals surface area contributed by atoms with E-state index in [0.29, 0.717) is 36.6 Å². The van der Waals surface area contributed by atoms with Crippen LogP contribution in [0.5, 0.6) is 0 Å². The largest absolute Gasteiger partial charge is 0.373 e. The van der Waals surface area contributed by atoms with Crippen molar-refractivity contribution in [1.82, 2.24) is 10.6 Å². The molecule has 140 valence electrons. The summed E-state index contributed by atoms with van der Waals surface area (Å²) in [7, 11) is -2.83. The summed E-state index contributed by atoms with van der Waals surface area (Å²) in [6.07, 6.45) is 5.81. The molecule has 3 aliphatic rings. The Morgan fingerprint density at radius 2 is 2.12 bits per heavy atom. The van der Waals surface area contributed by atoms with Gasteiger partial charge < -0.3 is 15.4 Å². The summed E-state index contributed by atoms with van der Waals surface area (Å²) < 4.78 is 29.1. The topological polar surface area (TPSA) is 79.8 Å². The Bertz CT molecular complexity index is 555. The second-order valence-electron chi connectivity index (χ2n) is 7.27. The van der Waals surface area contributed by atoms with Gasteiger partial charge in [-0.05, 0) is 44.9 Å². The van der Waals surface area contributed by atoms with E-state index in [-0.39, 0.29) is 35.6 Å². The van der Waals surface area contributed by atoms with Crippen LogP contribution in [0.15, 0.2) is 4.99 Å². The van der Waals surface area contributed by atoms with Crippen LogP contribution in [-0.2, 0) is 14.6 Å². The summed E-state index contributed by atoms with van der Waals surface area (Å²) in [6, 6.07) is 0.671. The number of rotatable bonds is 5. The Balaban J connectivity index is 0.00000208. The first-order chi connectivity index (χ1) is 10.9. The highest BCUT2D eigenvalue weighted by Gasteiger charge is 2.41. The number of halogens is 1. The zero-order valence-electron chi connectivity index (χ0n) is 14.5. The molecule has 3 heterocycles. The molecule has 3 aliphatic heterocycles. The van der Waals surface area contributed by atoms with Crippen molar-refractivity contribution in [3.8, 4) is 0 Å². The van der Waals surface area contributed by atoms with Gasteiger partial charge in [0.25, 0.3) is 0 Å². The Morgan fingerprint density at radius 1 is 1.33 bits per heavy atom. The van der Waals surface area contributed by atoms with E-state index in [1.165, 1.54) is 6.42 Å². The number of aliphatic imine (C=N–C) groups is 1. The van der Waals surface area contributed by atoms with Crippen LogP contribution in [0.2, 0.25) is 0 Å². The lowest BCUT2D eigenvalue weighted by Gasteiger charge is -2.25. The standard InChI is InChI=1S/C16H29N3O3S.HI/c1-3-11(2)18-16(17-9-12-6-7-23(20,21)10-12)19-14-8-13-4-5-15(14)22-13;/h11-15H,3-10H2,1-2H3,(H2,17,18,19);1H. The van der Waals surface area contributed by atoms with Gasteiger partial charge in [0.1, 0.15) is 0 Å². The number of ether oxygens (including phenoxy) is 1. The molecule has 3 fully saturated rings. The van der Waals surface area contributed by atoms with Gasteiger partial charge in [-0.15, -0.1) is 24.0 Å². The third-order valence-electron chi connectivity index (χ3n) is 5.26. The predicted octanol–water partition coefficient (Wildman–Crippen LogP) is 1.69. The fourth-order valence-electron chi connectivity index (χ4n) is 3.67. The van der Waals surface area contributed by atoms with E-state index in [1.807, 2.05) is 0 Å². The Kier molecular flexibility index (Phi) is 7.19. The minimum absolute atomic E-state index is 0. The van der Waals surface area contributed by atoms with Crippen molar-refractivity contribution in [3.63, 3.8) is 0 Å². The van der Waals surface area contributed by atoms with Gasteiger partial charge in [0.05, 0.1) is 29.8 Å². The molecule has 3 saturated heterocycles. The molecule has 0 saturated carbocycles. The molecule has 0 aromatic carbocycles. The lowest BCUT2D eigenvalue weighted by Crippen LogP contribution is -2.49. The summed E-state index contributed by atoms with van der Waals surface area (Å²) in [5, 5.41) is 6.95. The second kappa shape index (κ2) is 8.53. The SMILES string of the molecule is CCC(C)NC(=NCC1CCS(=O)(=O)C1)NC1CC2CCC1O2.I. The molecule has 0 aromatic heterocycles. The zero-order valence-corrected chi connectivity index (χ0v) is 17.7. The van der Waals surface area contributed by atoms with E-state index < -0.39 is 9.84 Å². The van der Waals surface area contributed by atoms with E-state index in [2.05, 4.69) is 29.5 Å². The van der Waals surface area contributed by atoms with Crippen LogP contribution >= 0.6 is 24.0 Å². The Labute approximate surface area is 162 Å². The van der Waals surface area contributed by atoms with Crippen molar-refractivity contribution in [1.29, 1.82) is 0 Å². The van der Waals surface area contributed by atoms with Crippen LogP contribution in [0.4, 0.5) is 0 Å². The second-order valence-corrected chi connectivity index (χ2v) is 9.50. The molecule has 24 heavy (non-hydrogen) atoms. The van der Waals surface area contributed by atoms with Crippen LogP contribution < -0.4 is 10.6 Å². The van der Waals surface area contributed by atoms with Crippen LogP contribution in [0.25, 0.3) is 0 Å². The zero-order chi connectivity index (χ0) is 16.4. The van der Waals surface area contributed by atoms with Crippen molar-refractivity contribution in [2.24, 2.45) is 10.9 Å². The summed E-state index contributed by atoms with van der Waals surface area (Å²) >= 11 is 0. The van der Waals surface area contributed by atoms with Gasteiger partial charge in [-0.2, -0.15) is 0 Å². The first-order valence-corrected chi connectivity index (χ1v) is 10.7. The van der Waals surface area contributed by atoms with Gasteiger partial charge in [-0.25, -0.2) is 8.42 Å². The van der Waals surface area contributed by atoms with Gasteiger partial charge in [-0.1, -0.05) is 6.92 Å². The average Bonchev–Trinajstić information content (AvgIpc) is 3.20. The number of nitrogens with one attached hydrogen (secondary N) is 2. The fraction of sp³-hybridized carbons (Fsp3) is 0.938. The average molecular weight is 471 g/mol. The molecular formula is C16H30IN3O3S. The Hall–Kier alpha value is -0.0900.